The van der Waals surface area contributed by atoms with Crippen molar-refractivity contribution < 1.29 is 19.1 Å². The number of furan rings is 1. The number of aryl methyl sites for hydroxylation is 1. The lowest BCUT2D eigenvalue weighted by atomic mass is 10.2. The first kappa shape index (κ1) is 13.2. The number of hydrogen-bond acceptors (Lipinski definition) is 4. The van der Waals surface area contributed by atoms with Gasteiger partial charge in [0.25, 0.3) is 0 Å². The summed E-state index contributed by atoms with van der Waals surface area (Å²) in [6.45, 7) is 5.83. The quantitative estimate of drug-likeness (QED) is 0.898. The molecule has 6 nitrogen and oxygen atoms in total. The first-order valence-corrected chi connectivity index (χ1v) is 5.97. The lowest BCUT2D eigenvalue weighted by Gasteiger charge is -2.03. The predicted octanol–water partition coefficient (Wildman–Crippen LogP) is 2.64. The van der Waals surface area contributed by atoms with Crippen LogP contribution in [-0.2, 0) is 6.61 Å². The van der Waals surface area contributed by atoms with E-state index in [1.54, 1.807) is 24.0 Å². The van der Waals surface area contributed by atoms with Crippen molar-refractivity contribution in [2.24, 2.45) is 0 Å². The average Bonchev–Trinajstić information content (AvgIpc) is 2.92. The van der Waals surface area contributed by atoms with E-state index in [2.05, 4.69) is 5.10 Å². The maximum Gasteiger partial charge on any atom is 0.339 e. The van der Waals surface area contributed by atoms with Gasteiger partial charge in [0.2, 0.25) is 0 Å². The highest BCUT2D eigenvalue weighted by molar-refractivity contribution is 5.88. The summed E-state index contributed by atoms with van der Waals surface area (Å²) < 4.78 is 12.6. The zero-order chi connectivity index (χ0) is 14.0. The van der Waals surface area contributed by atoms with Crippen LogP contribution in [0.5, 0.6) is 5.75 Å². The minimum Gasteiger partial charge on any atom is -0.482 e. The first-order chi connectivity index (χ1) is 8.97. The van der Waals surface area contributed by atoms with E-state index < -0.39 is 5.97 Å². The van der Waals surface area contributed by atoms with Crippen LogP contribution in [0, 0.1) is 6.92 Å². The summed E-state index contributed by atoms with van der Waals surface area (Å²) in [4.78, 5) is 10.9. The van der Waals surface area contributed by atoms with Gasteiger partial charge in [0, 0.05) is 6.04 Å². The van der Waals surface area contributed by atoms with Gasteiger partial charge in [0.1, 0.15) is 23.7 Å². The molecule has 0 radical (unpaired) electrons. The van der Waals surface area contributed by atoms with Crippen LogP contribution in [0.4, 0.5) is 0 Å². The third-order valence-corrected chi connectivity index (χ3v) is 2.69. The van der Waals surface area contributed by atoms with Crippen molar-refractivity contribution in [1.82, 2.24) is 9.78 Å². The van der Waals surface area contributed by atoms with E-state index in [4.69, 9.17) is 14.3 Å². The fourth-order valence-corrected chi connectivity index (χ4v) is 1.66. The Morgan fingerprint density at radius 3 is 2.84 bits per heavy atom. The van der Waals surface area contributed by atoms with E-state index in [0.717, 1.165) is 0 Å². The molecule has 0 aliphatic carbocycles. The normalized spacial score (nSPS) is 10.9. The lowest BCUT2D eigenvalue weighted by molar-refractivity contribution is 0.0695. The zero-order valence-electron chi connectivity index (χ0n) is 11.1. The van der Waals surface area contributed by atoms with Crippen molar-refractivity contribution in [2.75, 3.05) is 0 Å². The second-order valence-electron chi connectivity index (χ2n) is 4.53. The van der Waals surface area contributed by atoms with E-state index in [0.29, 0.717) is 17.3 Å². The predicted molar refractivity (Wildman–Crippen MR) is 67.3 cm³/mol. The Labute approximate surface area is 110 Å². The molecule has 0 saturated carbocycles. The van der Waals surface area contributed by atoms with Gasteiger partial charge >= 0.3 is 5.97 Å². The van der Waals surface area contributed by atoms with Crippen LogP contribution in [0.15, 0.2) is 22.9 Å². The van der Waals surface area contributed by atoms with Gasteiger partial charge in [0.05, 0.1) is 12.4 Å². The summed E-state index contributed by atoms with van der Waals surface area (Å²) in [6.07, 6.45) is 3.41. The molecule has 0 aliphatic heterocycles. The fourth-order valence-electron chi connectivity index (χ4n) is 1.66. The molecule has 0 aliphatic rings. The Kier molecular flexibility index (Phi) is 3.59. The van der Waals surface area contributed by atoms with Crippen molar-refractivity contribution in [3.63, 3.8) is 0 Å². The molecule has 0 spiro atoms. The molecule has 2 aromatic rings. The third-order valence-electron chi connectivity index (χ3n) is 2.69. The van der Waals surface area contributed by atoms with Crippen LogP contribution in [-0.4, -0.2) is 20.9 Å². The second kappa shape index (κ2) is 5.17. The molecular formula is C13H16N2O4. The summed E-state index contributed by atoms with van der Waals surface area (Å²) in [5, 5.41) is 13.1. The number of nitrogens with zero attached hydrogens (tertiary/aromatic N) is 2. The van der Waals surface area contributed by atoms with E-state index in [-0.39, 0.29) is 18.2 Å². The summed E-state index contributed by atoms with van der Waals surface area (Å²) in [7, 11) is 0. The van der Waals surface area contributed by atoms with Crippen molar-refractivity contribution in [3.8, 4) is 5.75 Å². The molecule has 19 heavy (non-hydrogen) atoms. The standard InChI is InChI=1S/C13H16N2O4/c1-8(2)15-6-11(5-14-15)18-7-10-4-12(13(16)17)9(3)19-10/h4-6,8H,7H2,1-3H3,(H,16,17). The Morgan fingerprint density at radius 2 is 2.32 bits per heavy atom. The van der Waals surface area contributed by atoms with E-state index in [1.165, 1.54) is 6.07 Å². The minimum absolute atomic E-state index is 0.163. The van der Waals surface area contributed by atoms with Crippen LogP contribution in [0.25, 0.3) is 0 Å². The number of carboxylic acid groups (broad SMARTS) is 1. The second-order valence-corrected chi connectivity index (χ2v) is 4.53. The lowest BCUT2D eigenvalue weighted by Crippen LogP contribution is -2.00. The molecule has 0 saturated heterocycles. The van der Waals surface area contributed by atoms with Gasteiger partial charge in [0.15, 0.2) is 5.75 Å². The SMILES string of the molecule is Cc1oc(COc2cnn(C(C)C)c2)cc1C(=O)O. The topological polar surface area (TPSA) is 77.5 Å². The molecule has 0 bridgehead atoms. The monoisotopic (exact) mass is 264 g/mol. The Hall–Kier alpha value is -2.24. The molecule has 102 valence electrons. The number of aromatic nitrogens is 2. The summed E-state index contributed by atoms with van der Waals surface area (Å²) in [5.41, 5.74) is 0.163. The van der Waals surface area contributed by atoms with Gasteiger partial charge < -0.3 is 14.3 Å². The van der Waals surface area contributed by atoms with Crippen LogP contribution in [0.1, 0.15) is 41.8 Å². The highest BCUT2D eigenvalue weighted by atomic mass is 16.5. The van der Waals surface area contributed by atoms with E-state index in [9.17, 15) is 4.79 Å². The number of carboxylic acids is 1. The molecule has 6 heteroatoms. The summed E-state index contributed by atoms with van der Waals surface area (Å²) in [6, 6.07) is 1.74. The molecule has 2 aromatic heterocycles. The number of carbonyl (C=O) groups is 1. The largest absolute Gasteiger partial charge is 0.482 e. The van der Waals surface area contributed by atoms with Crippen molar-refractivity contribution >= 4 is 5.97 Å². The van der Waals surface area contributed by atoms with Crippen molar-refractivity contribution in [2.45, 2.75) is 33.4 Å². The average molecular weight is 264 g/mol. The molecular weight excluding hydrogens is 248 g/mol. The number of hydrogen-bond donors (Lipinski definition) is 1. The molecule has 0 aromatic carbocycles. The summed E-state index contributed by atoms with van der Waals surface area (Å²) >= 11 is 0. The van der Waals surface area contributed by atoms with Crippen LogP contribution < -0.4 is 4.74 Å². The van der Waals surface area contributed by atoms with Gasteiger partial charge in [-0.15, -0.1) is 0 Å². The maximum atomic E-state index is 10.9. The van der Waals surface area contributed by atoms with E-state index >= 15 is 0 Å². The third kappa shape index (κ3) is 2.96. The van der Waals surface area contributed by atoms with Gasteiger partial charge in [-0.2, -0.15) is 5.10 Å². The fraction of sp³-hybridized carbons (Fsp3) is 0.385. The van der Waals surface area contributed by atoms with Crippen LogP contribution >= 0.6 is 0 Å². The zero-order valence-corrected chi connectivity index (χ0v) is 11.1. The number of aromatic carboxylic acids is 1. The van der Waals surface area contributed by atoms with Gasteiger partial charge in [-0.25, -0.2) is 4.79 Å². The highest BCUT2D eigenvalue weighted by Crippen LogP contribution is 2.18. The summed E-state index contributed by atoms with van der Waals surface area (Å²) in [5.74, 6) is 0.482. The highest BCUT2D eigenvalue weighted by Gasteiger charge is 2.14. The van der Waals surface area contributed by atoms with Gasteiger partial charge in [-0.05, 0) is 26.8 Å². The number of ether oxygens (including phenoxy) is 1. The van der Waals surface area contributed by atoms with Crippen LogP contribution in [0.2, 0.25) is 0 Å². The molecule has 0 fully saturated rings. The maximum absolute atomic E-state index is 10.9. The van der Waals surface area contributed by atoms with Gasteiger partial charge in [-0.1, -0.05) is 0 Å². The molecule has 0 amide bonds. The Balaban J connectivity index is 2.02. The molecule has 2 rings (SSSR count). The van der Waals surface area contributed by atoms with Gasteiger partial charge in [-0.3, -0.25) is 4.68 Å². The minimum atomic E-state index is -1.000. The Bertz CT molecular complexity index is 583. The Morgan fingerprint density at radius 1 is 1.58 bits per heavy atom. The molecule has 0 unspecified atom stereocenters. The van der Waals surface area contributed by atoms with Crippen LogP contribution in [0.3, 0.4) is 0 Å². The van der Waals surface area contributed by atoms with E-state index in [1.807, 2.05) is 13.8 Å². The molecule has 0 atom stereocenters. The van der Waals surface area contributed by atoms with Crippen molar-refractivity contribution in [3.05, 3.63) is 35.5 Å². The smallest absolute Gasteiger partial charge is 0.339 e. The number of rotatable bonds is 5. The molecule has 1 N–H and O–H groups in total. The first-order valence-electron chi connectivity index (χ1n) is 5.97. The molecule has 2 heterocycles. The van der Waals surface area contributed by atoms with Crippen molar-refractivity contribution in [1.29, 1.82) is 0 Å².